The number of aliphatic hydroxyl groups excluding tert-OH is 3. The van der Waals surface area contributed by atoms with Crippen molar-refractivity contribution in [2.24, 2.45) is 5.92 Å². The summed E-state index contributed by atoms with van der Waals surface area (Å²) in [5.74, 6) is -5.70. The minimum absolute atomic E-state index is 0.00438. The Hall–Kier alpha value is -5.59. The number of carbonyl (C=O) groups is 5. The van der Waals surface area contributed by atoms with Gasteiger partial charge in [0.1, 0.15) is 24.5 Å². The number of rotatable bonds is 28. The van der Waals surface area contributed by atoms with Gasteiger partial charge in [0, 0.05) is 69.8 Å². The summed E-state index contributed by atoms with van der Waals surface area (Å²) in [5, 5.41) is 74.0. The van der Waals surface area contributed by atoms with Gasteiger partial charge in [0.15, 0.2) is 0 Å². The number of hydrogen-bond acceptors (Lipinski definition) is 16. The predicted octanol–water partition coefficient (Wildman–Crippen LogP) is 0.741. The van der Waals surface area contributed by atoms with E-state index in [0.29, 0.717) is 107 Å². The molecule has 0 radical (unpaired) electrons. The van der Waals surface area contributed by atoms with Crippen LogP contribution in [0.2, 0.25) is 0 Å². The minimum Gasteiger partial charge on any atom is -0.507 e. The van der Waals surface area contributed by atoms with E-state index in [0.717, 1.165) is 6.42 Å². The molecule has 2 fully saturated rings. The van der Waals surface area contributed by atoms with Crippen molar-refractivity contribution in [1.82, 2.24) is 36.3 Å². The average Bonchev–Trinajstić information content (AvgIpc) is 3.81. The molecule has 1 saturated heterocycles. The molecule has 2 aliphatic rings. The number of carbonyl (C=O) groups excluding carboxylic acids is 4. The molecule has 0 spiro atoms. The second-order valence-corrected chi connectivity index (χ2v) is 17.7. The monoisotopic (exact) mass is 983 g/mol. The fraction of sp³-hybridized carbons (Fsp3) is 0.604. The van der Waals surface area contributed by atoms with Crippen LogP contribution >= 0.6 is 0 Å². The summed E-state index contributed by atoms with van der Waals surface area (Å²) in [6, 6.07) is 10.0. The summed E-state index contributed by atoms with van der Waals surface area (Å²) in [5.41, 5.74) is 2.29. The fourth-order valence-electron chi connectivity index (χ4n) is 8.33. The molecule has 70 heavy (non-hydrogen) atoms. The smallest absolute Gasteiger partial charge is 0.364 e. The number of carboxylic acid groups (broad SMARTS) is 1. The third-order valence-corrected chi connectivity index (χ3v) is 12.2. The normalized spacial score (nSPS) is 22.1. The number of benzene rings is 2. The van der Waals surface area contributed by atoms with Crippen molar-refractivity contribution in [2.45, 2.75) is 121 Å². The molecule has 6 atom stereocenters. The highest BCUT2D eigenvalue weighted by molar-refractivity contribution is 5.95. The summed E-state index contributed by atoms with van der Waals surface area (Å²) in [4.78, 5) is 63.2. The van der Waals surface area contributed by atoms with Gasteiger partial charge in [-0.25, -0.2) is 9.48 Å². The number of nitrogens with one attached hydrogen (secondary N) is 4. The van der Waals surface area contributed by atoms with Gasteiger partial charge in [0.2, 0.25) is 17.7 Å². The lowest BCUT2D eigenvalue weighted by Gasteiger charge is -2.46. The second-order valence-electron chi connectivity index (χ2n) is 17.7. The molecule has 9 N–H and O–H groups in total. The van der Waals surface area contributed by atoms with Crippen LogP contribution in [0.25, 0.3) is 0 Å². The highest BCUT2D eigenvalue weighted by Crippen LogP contribution is 2.36. The van der Waals surface area contributed by atoms with Crippen molar-refractivity contribution in [3.05, 3.63) is 76.6 Å². The number of ether oxygens (including phenoxy) is 5. The molecule has 4 amide bonds. The number of aromatic nitrogens is 3. The molecule has 386 valence electrons. The Morgan fingerprint density at radius 2 is 1.49 bits per heavy atom. The number of aliphatic carboxylic acids is 1. The van der Waals surface area contributed by atoms with Gasteiger partial charge in [-0.2, -0.15) is 0 Å². The van der Waals surface area contributed by atoms with E-state index in [1.807, 2.05) is 0 Å². The number of aliphatic hydroxyl groups is 3. The van der Waals surface area contributed by atoms with Crippen molar-refractivity contribution < 1.29 is 73.2 Å². The van der Waals surface area contributed by atoms with Gasteiger partial charge in [-0.3, -0.25) is 19.2 Å². The second kappa shape index (κ2) is 27.7. The van der Waals surface area contributed by atoms with Gasteiger partial charge in [0.05, 0.1) is 57.0 Å². The molecule has 0 unspecified atom stereocenters. The molecule has 2 heterocycles. The van der Waals surface area contributed by atoms with Crippen LogP contribution in [-0.4, -0.2) is 166 Å². The third kappa shape index (κ3) is 16.8. The van der Waals surface area contributed by atoms with Crippen LogP contribution in [0.15, 0.2) is 48.7 Å². The van der Waals surface area contributed by atoms with Gasteiger partial charge in [-0.1, -0.05) is 35.5 Å². The highest BCUT2D eigenvalue weighted by Gasteiger charge is 2.56. The van der Waals surface area contributed by atoms with E-state index in [-0.39, 0.29) is 48.1 Å². The van der Waals surface area contributed by atoms with E-state index in [1.165, 1.54) is 23.7 Å². The first-order chi connectivity index (χ1) is 33.6. The van der Waals surface area contributed by atoms with E-state index in [4.69, 9.17) is 23.7 Å². The van der Waals surface area contributed by atoms with E-state index < -0.39 is 67.0 Å². The number of aryl methyl sites for hydroxylation is 2. The molecule has 1 aromatic heterocycles. The number of carboxylic acids is 1. The SMILES string of the molecule is CC(=O)NCCCOCCOCCOCCCNC(=O)C1CCC(c2cn(CC(=O)N[C@H]3[C@H]([C@H](O)[C@H](O)CNC(=O)c4cc(C)c(O)c(C)c4)O[C@@](OCc4ccccc4)(C(=O)O)C[C@@H]3O)nn2)CC1. The first-order valence-corrected chi connectivity index (χ1v) is 23.7. The van der Waals surface area contributed by atoms with Crippen LogP contribution in [0, 0.1) is 19.8 Å². The molecule has 2 aromatic carbocycles. The Morgan fingerprint density at radius 3 is 2.10 bits per heavy atom. The van der Waals surface area contributed by atoms with Crippen LogP contribution in [0.3, 0.4) is 0 Å². The first kappa shape index (κ1) is 55.3. The van der Waals surface area contributed by atoms with Gasteiger partial charge < -0.3 is 70.5 Å². The van der Waals surface area contributed by atoms with E-state index in [9.17, 15) is 49.5 Å². The van der Waals surface area contributed by atoms with Gasteiger partial charge in [-0.15, -0.1) is 5.10 Å². The number of phenols is 1. The van der Waals surface area contributed by atoms with Gasteiger partial charge in [0.25, 0.3) is 11.7 Å². The van der Waals surface area contributed by atoms with Crippen LogP contribution < -0.4 is 21.3 Å². The Bertz CT molecular complexity index is 2130. The van der Waals surface area contributed by atoms with E-state index in [2.05, 4.69) is 31.6 Å². The maximum atomic E-state index is 13.6. The van der Waals surface area contributed by atoms with E-state index >= 15 is 0 Å². The molecular formula is C48H69N7O15. The maximum absolute atomic E-state index is 13.6. The maximum Gasteiger partial charge on any atom is 0.364 e. The van der Waals surface area contributed by atoms with Crippen molar-refractivity contribution in [3.8, 4) is 5.75 Å². The lowest BCUT2D eigenvalue weighted by molar-refractivity contribution is -0.314. The van der Waals surface area contributed by atoms with Crippen LogP contribution in [0.4, 0.5) is 0 Å². The first-order valence-electron chi connectivity index (χ1n) is 23.7. The number of amides is 4. The van der Waals surface area contributed by atoms with Gasteiger partial charge >= 0.3 is 5.97 Å². The Labute approximate surface area is 406 Å². The number of aromatic hydroxyl groups is 1. The lowest BCUT2D eigenvalue weighted by atomic mass is 9.80. The zero-order valence-electron chi connectivity index (χ0n) is 40.0. The summed E-state index contributed by atoms with van der Waals surface area (Å²) in [6.07, 6.45) is -2.27. The lowest BCUT2D eigenvalue weighted by Crippen LogP contribution is -2.68. The molecule has 3 aromatic rings. The molecule has 0 bridgehead atoms. The summed E-state index contributed by atoms with van der Waals surface area (Å²) >= 11 is 0. The predicted molar refractivity (Wildman–Crippen MR) is 249 cm³/mol. The van der Waals surface area contributed by atoms with Crippen molar-refractivity contribution in [2.75, 3.05) is 59.3 Å². The molecule has 22 heteroatoms. The van der Waals surface area contributed by atoms with Crippen LogP contribution in [-0.2, 0) is 56.0 Å². The number of phenolic OH excluding ortho intramolecular Hbond substituents is 1. The minimum atomic E-state index is -2.52. The summed E-state index contributed by atoms with van der Waals surface area (Å²) < 4.78 is 29.6. The largest absolute Gasteiger partial charge is 0.507 e. The molecule has 5 rings (SSSR count). The molecular weight excluding hydrogens is 915 g/mol. The van der Waals surface area contributed by atoms with Crippen molar-refractivity contribution >= 4 is 29.6 Å². The zero-order valence-corrected chi connectivity index (χ0v) is 40.0. The van der Waals surface area contributed by atoms with E-state index in [1.54, 1.807) is 50.4 Å². The Kier molecular flexibility index (Phi) is 21.9. The highest BCUT2D eigenvalue weighted by atomic mass is 16.7. The zero-order chi connectivity index (χ0) is 50.6. The molecule has 1 aliphatic heterocycles. The summed E-state index contributed by atoms with van der Waals surface area (Å²) in [6.45, 7) is 7.37. The topological polar surface area (TPSA) is 311 Å². The number of nitrogens with zero attached hydrogens (tertiary/aromatic N) is 3. The van der Waals surface area contributed by atoms with Crippen molar-refractivity contribution in [1.29, 1.82) is 0 Å². The summed E-state index contributed by atoms with van der Waals surface area (Å²) in [7, 11) is 0. The van der Waals surface area contributed by atoms with Crippen LogP contribution in [0.5, 0.6) is 5.75 Å². The fourth-order valence-corrected chi connectivity index (χ4v) is 8.33. The molecule has 1 aliphatic carbocycles. The standard InChI is InChI=1S/C48H69N7O15/c1-30-23-36(24-31(2)42(30)60)46(63)51-26-39(58)43(61)44-41(38(57)25-48(70-44,47(64)65)69-29-33-9-5-4-6-10-33)52-40(59)28-55-27-37(53-54-55)34-11-13-35(14-12-34)45(62)50-16-8-18-67-20-22-68-21-19-66-17-7-15-49-32(3)56/h4-6,9-10,23-24,27,34-35,38-39,41,43-44,57-58,60-61H,7-8,11-22,25-26,28-29H2,1-3H3,(H,49,56)(H,50,62)(H,51,63)(H,52,59)(H,64,65)/t34?,35?,38-,39+,41+,43+,44+,48+/m0/s1. The van der Waals surface area contributed by atoms with Crippen LogP contribution in [0.1, 0.15) is 90.5 Å². The Balaban J connectivity index is 1.08. The third-order valence-electron chi connectivity index (χ3n) is 12.2. The van der Waals surface area contributed by atoms with Gasteiger partial charge in [-0.05, 0) is 81.2 Å². The Morgan fingerprint density at radius 1 is 0.871 bits per heavy atom. The molecule has 1 saturated carbocycles. The number of hydrogen-bond donors (Lipinski definition) is 9. The molecule has 22 nitrogen and oxygen atoms in total. The average molecular weight is 984 g/mol. The quantitative estimate of drug-likeness (QED) is 0.0453. The van der Waals surface area contributed by atoms with Crippen molar-refractivity contribution in [3.63, 3.8) is 0 Å².